The highest BCUT2D eigenvalue weighted by Gasteiger charge is 2.43. The van der Waals surface area contributed by atoms with Crippen molar-refractivity contribution in [2.45, 2.75) is 65.8 Å². The third kappa shape index (κ3) is 3.88. The van der Waals surface area contributed by atoms with Crippen LogP contribution in [0.2, 0.25) is 0 Å². The summed E-state index contributed by atoms with van der Waals surface area (Å²) in [4.78, 5) is 2.47. The van der Waals surface area contributed by atoms with Gasteiger partial charge < -0.3 is 4.90 Å². The molecular weight excluding hydrogens is 278 g/mol. The summed E-state index contributed by atoms with van der Waals surface area (Å²) in [6, 6.07) is 9.18. The maximum absolute atomic E-state index is 4.28. The SMILES string of the molecule is C=C(/C=C(/C)N(C)C1CC(CC)(CCC)C1)c1ccccc1C. The summed E-state index contributed by atoms with van der Waals surface area (Å²) < 4.78 is 0. The third-order valence-corrected chi connectivity index (χ3v) is 5.85. The highest BCUT2D eigenvalue weighted by Crippen LogP contribution is 2.50. The Kier molecular flexibility index (Phi) is 5.73. The van der Waals surface area contributed by atoms with E-state index < -0.39 is 0 Å². The molecule has 1 aliphatic carbocycles. The summed E-state index contributed by atoms with van der Waals surface area (Å²) in [5.74, 6) is 0. The smallest absolute Gasteiger partial charge is 0.0294 e. The molecule has 0 aromatic heterocycles. The molecule has 1 aromatic carbocycles. The Hall–Kier alpha value is -1.50. The molecule has 0 spiro atoms. The fourth-order valence-corrected chi connectivity index (χ4v) is 4.07. The van der Waals surface area contributed by atoms with Gasteiger partial charge in [-0.15, -0.1) is 0 Å². The zero-order valence-electron chi connectivity index (χ0n) is 15.7. The van der Waals surface area contributed by atoms with Crippen LogP contribution in [0.1, 0.15) is 64.0 Å². The average molecular weight is 312 g/mol. The van der Waals surface area contributed by atoms with Crippen molar-refractivity contribution in [2.24, 2.45) is 5.41 Å². The Bertz CT molecular complexity index is 575. The van der Waals surface area contributed by atoms with E-state index in [-0.39, 0.29) is 0 Å². The minimum absolute atomic E-state index is 0.612. The molecule has 23 heavy (non-hydrogen) atoms. The maximum Gasteiger partial charge on any atom is 0.0294 e. The lowest BCUT2D eigenvalue weighted by Crippen LogP contribution is -2.48. The van der Waals surface area contributed by atoms with Crippen LogP contribution in [-0.2, 0) is 0 Å². The Labute approximate surface area is 143 Å². The van der Waals surface area contributed by atoms with E-state index in [2.05, 4.69) is 76.6 Å². The van der Waals surface area contributed by atoms with E-state index >= 15 is 0 Å². The normalized spacial score (nSPS) is 24.2. The molecule has 126 valence electrons. The molecule has 0 unspecified atom stereocenters. The number of allylic oxidation sites excluding steroid dienone is 3. The lowest BCUT2D eigenvalue weighted by Gasteiger charge is -2.52. The van der Waals surface area contributed by atoms with Crippen LogP contribution >= 0.6 is 0 Å². The molecule has 0 aliphatic heterocycles. The minimum atomic E-state index is 0.612. The number of aryl methyl sites for hydroxylation is 1. The topological polar surface area (TPSA) is 3.24 Å². The zero-order chi connectivity index (χ0) is 17.0. The van der Waals surface area contributed by atoms with Crippen LogP contribution < -0.4 is 0 Å². The highest BCUT2D eigenvalue weighted by molar-refractivity contribution is 5.74. The second kappa shape index (κ2) is 7.38. The lowest BCUT2D eigenvalue weighted by atomic mass is 9.61. The number of hydrogen-bond donors (Lipinski definition) is 0. The van der Waals surface area contributed by atoms with E-state index in [9.17, 15) is 0 Å². The van der Waals surface area contributed by atoms with Gasteiger partial charge in [-0.2, -0.15) is 0 Å². The van der Waals surface area contributed by atoms with Gasteiger partial charge in [-0.05, 0) is 61.3 Å². The standard InChI is InChI=1S/C22H33N/c1-7-13-22(8-2)15-20(16-22)23(6)19(5)14-18(4)21-12-10-9-11-17(21)3/h9-12,14,20H,4,7-8,13,15-16H2,1-3,5-6H3/b19-14-. The molecule has 2 rings (SSSR count). The quantitative estimate of drug-likeness (QED) is 0.542. The van der Waals surface area contributed by atoms with Gasteiger partial charge in [0.25, 0.3) is 0 Å². The highest BCUT2D eigenvalue weighted by atomic mass is 15.1. The van der Waals surface area contributed by atoms with Crippen molar-refractivity contribution in [1.29, 1.82) is 0 Å². The third-order valence-electron chi connectivity index (χ3n) is 5.85. The van der Waals surface area contributed by atoms with E-state index in [0.717, 1.165) is 5.57 Å². The van der Waals surface area contributed by atoms with E-state index in [0.29, 0.717) is 11.5 Å². The fourth-order valence-electron chi connectivity index (χ4n) is 4.07. The van der Waals surface area contributed by atoms with Gasteiger partial charge in [0.1, 0.15) is 0 Å². The molecule has 1 nitrogen and oxygen atoms in total. The molecule has 1 heteroatoms. The first-order valence-corrected chi connectivity index (χ1v) is 9.08. The largest absolute Gasteiger partial charge is 0.375 e. The molecule has 1 fully saturated rings. The molecule has 1 aromatic rings. The maximum atomic E-state index is 4.28. The summed E-state index contributed by atoms with van der Waals surface area (Å²) in [6.07, 6.45) is 8.94. The molecule has 0 bridgehead atoms. The van der Waals surface area contributed by atoms with Crippen LogP contribution in [0.3, 0.4) is 0 Å². The Morgan fingerprint density at radius 3 is 2.52 bits per heavy atom. The molecule has 0 heterocycles. The van der Waals surface area contributed by atoms with Gasteiger partial charge in [0.05, 0.1) is 0 Å². The summed E-state index contributed by atoms with van der Waals surface area (Å²) >= 11 is 0. The monoisotopic (exact) mass is 311 g/mol. The molecule has 0 atom stereocenters. The molecule has 1 aliphatic rings. The first-order valence-electron chi connectivity index (χ1n) is 9.08. The van der Waals surface area contributed by atoms with Crippen LogP contribution in [0.15, 0.2) is 42.6 Å². The summed E-state index contributed by atoms with van der Waals surface area (Å²) in [5, 5.41) is 0. The second-order valence-corrected chi connectivity index (χ2v) is 7.40. The molecular formula is C22H33N. The second-order valence-electron chi connectivity index (χ2n) is 7.40. The van der Waals surface area contributed by atoms with Crippen molar-refractivity contribution >= 4 is 5.57 Å². The fraction of sp³-hybridized carbons (Fsp3) is 0.545. The van der Waals surface area contributed by atoms with Crippen molar-refractivity contribution in [3.8, 4) is 0 Å². The zero-order valence-corrected chi connectivity index (χ0v) is 15.7. The van der Waals surface area contributed by atoms with Gasteiger partial charge in [0.15, 0.2) is 0 Å². The van der Waals surface area contributed by atoms with Gasteiger partial charge in [-0.1, -0.05) is 57.5 Å². The molecule has 1 saturated carbocycles. The van der Waals surface area contributed by atoms with Gasteiger partial charge in [0.2, 0.25) is 0 Å². The first kappa shape index (κ1) is 17.8. The van der Waals surface area contributed by atoms with Crippen LogP contribution in [0.25, 0.3) is 5.57 Å². The van der Waals surface area contributed by atoms with Crippen molar-refractivity contribution < 1.29 is 0 Å². The summed E-state index contributed by atoms with van der Waals surface area (Å²) in [5.41, 5.74) is 5.59. The summed E-state index contributed by atoms with van der Waals surface area (Å²) in [7, 11) is 2.24. The Morgan fingerprint density at radius 1 is 1.30 bits per heavy atom. The van der Waals surface area contributed by atoms with Crippen LogP contribution in [0.4, 0.5) is 0 Å². The number of rotatable bonds is 7. The molecule has 0 saturated heterocycles. The lowest BCUT2D eigenvalue weighted by molar-refractivity contribution is 0.0172. The Balaban J connectivity index is 2.02. The number of benzene rings is 1. The van der Waals surface area contributed by atoms with Crippen molar-refractivity contribution in [2.75, 3.05) is 7.05 Å². The van der Waals surface area contributed by atoms with E-state index in [1.54, 1.807) is 0 Å². The van der Waals surface area contributed by atoms with Gasteiger partial charge >= 0.3 is 0 Å². The van der Waals surface area contributed by atoms with E-state index in [1.165, 1.54) is 48.9 Å². The van der Waals surface area contributed by atoms with Crippen LogP contribution in [-0.4, -0.2) is 18.0 Å². The molecule has 0 radical (unpaired) electrons. The van der Waals surface area contributed by atoms with Crippen molar-refractivity contribution in [3.05, 3.63) is 53.7 Å². The molecule has 0 N–H and O–H groups in total. The first-order chi connectivity index (χ1) is 10.9. The minimum Gasteiger partial charge on any atom is -0.375 e. The van der Waals surface area contributed by atoms with Crippen LogP contribution in [0.5, 0.6) is 0 Å². The van der Waals surface area contributed by atoms with Crippen molar-refractivity contribution in [3.63, 3.8) is 0 Å². The average Bonchev–Trinajstić information content (AvgIpc) is 2.50. The predicted octanol–water partition coefficient (Wildman–Crippen LogP) is 6.20. The molecule has 0 amide bonds. The van der Waals surface area contributed by atoms with Crippen molar-refractivity contribution in [1.82, 2.24) is 4.90 Å². The Morgan fingerprint density at radius 2 is 1.96 bits per heavy atom. The van der Waals surface area contributed by atoms with Crippen LogP contribution in [0, 0.1) is 12.3 Å². The number of nitrogens with zero attached hydrogens (tertiary/aromatic N) is 1. The van der Waals surface area contributed by atoms with E-state index in [4.69, 9.17) is 0 Å². The summed E-state index contributed by atoms with van der Waals surface area (Å²) in [6.45, 7) is 13.3. The van der Waals surface area contributed by atoms with Gasteiger partial charge in [-0.3, -0.25) is 0 Å². The van der Waals surface area contributed by atoms with Gasteiger partial charge in [0, 0.05) is 18.8 Å². The van der Waals surface area contributed by atoms with Gasteiger partial charge in [-0.25, -0.2) is 0 Å². The predicted molar refractivity (Wildman–Crippen MR) is 102 cm³/mol. The number of hydrogen-bond acceptors (Lipinski definition) is 1. The van der Waals surface area contributed by atoms with E-state index in [1.807, 2.05) is 0 Å².